The van der Waals surface area contributed by atoms with Crippen molar-refractivity contribution in [3.63, 3.8) is 0 Å². The fourth-order valence-electron chi connectivity index (χ4n) is 2.00. The number of aromatic nitrogens is 3. The molecule has 2 aromatic rings. The van der Waals surface area contributed by atoms with Crippen molar-refractivity contribution in [2.45, 2.75) is 26.4 Å². The van der Waals surface area contributed by atoms with E-state index in [1.165, 1.54) is 0 Å². The lowest BCUT2D eigenvalue weighted by atomic mass is 10.2. The molecule has 0 amide bonds. The molecule has 0 aromatic carbocycles. The molecule has 7 nitrogen and oxygen atoms in total. The molecule has 0 radical (unpaired) electrons. The number of rotatable bonds is 5. The SMILES string of the molecule is Cc1cc(C(C)N(C)Cc2cn(C)nn2)oc1C(=O)O. The number of aryl methyl sites for hydroxylation is 2. The molecule has 0 saturated carbocycles. The van der Waals surface area contributed by atoms with Crippen molar-refractivity contribution >= 4 is 5.97 Å². The van der Waals surface area contributed by atoms with Crippen LogP contribution in [0.4, 0.5) is 0 Å². The van der Waals surface area contributed by atoms with Crippen LogP contribution in [0.5, 0.6) is 0 Å². The number of carboxylic acid groups (broad SMARTS) is 1. The Morgan fingerprint density at radius 3 is 2.80 bits per heavy atom. The van der Waals surface area contributed by atoms with E-state index in [1.807, 2.05) is 32.1 Å². The molecule has 7 heteroatoms. The zero-order valence-electron chi connectivity index (χ0n) is 12.0. The first-order valence-electron chi connectivity index (χ1n) is 6.27. The van der Waals surface area contributed by atoms with Gasteiger partial charge in [0, 0.05) is 25.4 Å². The lowest BCUT2D eigenvalue weighted by Crippen LogP contribution is -2.21. The minimum atomic E-state index is -1.04. The van der Waals surface area contributed by atoms with Crippen molar-refractivity contribution < 1.29 is 14.3 Å². The number of hydrogen-bond donors (Lipinski definition) is 1. The van der Waals surface area contributed by atoms with Gasteiger partial charge in [-0.05, 0) is 27.0 Å². The van der Waals surface area contributed by atoms with E-state index in [1.54, 1.807) is 17.7 Å². The van der Waals surface area contributed by atoms with E-state index in [-0.39, 0.29) is 11.8 Å². The van der Waals surface area contributed by atoms with E-state index in [4.69, 9.17) is 9.52 Å². The fourth-order valence-corrected chi connectivity index (χ4v) is 2.00. The summed E-state index contributed by atoms with van der Waals surface area (Å²) in [4.78, 5) is 13.0. The Balaban J connectivity index is 2.12. The Labute approximate surface area is 116 Å². The summed E-state index contributed by atoms with van der Waals surface area (Å²) in [5.74, 6) is -0.413. The normalized spacial score (nSPS) is 12.8. The van der Waals surface area contributed by atoms with Crippen LogP contribution in [0.2, 0.25) is 0 Å². The first-order valence-corrected chi connectivity index (χ1v) is 6.27. The van der Waals surface area contributed by atoms with E-state index >= 15 is 0 Å². The molecule has 20 heavy (non-hydrogen) atoms. The third kappa shape index (κ3) is 2.88. The van der Waals surface area contributed by atoms with Crippen molar-refractivity contribution in [3.8, 4) is 0 Å². The minimum Gasteiger partial charge on any atom is -0.475 e. The third-order valence-corrected chi connectivity index (χ3v) is 3.27. The van der Waals surface area contributed by atoms with Crippen LogP contribution in [0.3, 0.4) is 0 Å². The van der Waals surface area contributed by atoms with Gasteiger partial charge in [-0.2, -0.15) is 0 Å². The quantitative estimate of drug-likeness (QED) is 0.894. The van der Waals surface area contributed by atoms with Crippen molar-refractivity contribution in [2.75, 3.05) is 7.05 Å². The summed E-state index contributed by atoms with van der Waals surface area (Å²) in [7, 11) is 3.74. The second kappa shape index (κ2) is 5.46. The fraction of sp³-hybridized carbons (Fsp3) is 0.462. The summed E-state index contributed by atoms with van der Waals surface area (Å²) >= 11 is 0. The van der Waals surface area contributed by atoms with Gasteiger partial charge in [0.2, 0.25) is 5.76 Å². The van der Waals surface area contributed by atoms with Crippen molar-refractivity contribution in [3.05, 3.63) is 35.0 Å². The lowest BCUT2D eigenvalue weighted by Gasteiger charge is -2.21. The van der Waals surface area contributed by atoms with E-state index in [9.17, 15) is 4.79 Å². The topological polar surface area (TPSA) is 84.4 Å². The first-order chi connectivity index (χ1) is 9.38. The molecule has 0 aliphatic carbocycles. The molecule has 2 aromatic heterocycles. The number of carboxylic acids is 1. The van der Waals surface area contributed by atoms with Gasteiger partial charge >= 0.3 is 5.97 Å². The predicted molar refractivity (Wildman–Crippen MR) is 71.3 cm³/mol. The molecular weight excluding hydrogens is 260 g/mol. The summed E-state index contributed by atoms with van der Waals surface area (Å²) in [5, 5.41) is 16.9. The Morgan fingerprint density at radius 1 is 1.60 bits per heavy atom. The van der Waals surface area contributed by atoms with Gasteiger partial charge in [-0.25, -0.2) is 4.79 Å². The number of carbonyl (C=O) groups is 1. The summed E-state index contributed by atoms with van der Waals surface area (Å²) in [6.07, 6.45) is 1.85. The van der Waals surface area contributed by atoms with Crippen LogP contribution in [-0.2, 0) is 13.6 Å². The molecule has 0 bridgehead atoms. The number of aromatic carboxylic acids is 1. The van der Waals surface area contributed by atoms with Crippen LogP contribution >= 0.6 is 0 Å². The van der Waals surface area contributed by atoms with Crippen LogP contribution in [0.15, 0.2) is 16.7 Å². The van der Waals surface area contributed by atoms with Gasteiger partial charge in [0.15, 0.2) is 0 Å². The molecule has 1 unspecified atom stereocenters. The molecule has 1 atom stereocenters. The second-order valence-electron chi connectivity index (χ2n) is 4.94. The van der Waals surface area contributed by atoms with E-state index < -0.39 is 5.97 Å². The molecule has 0 aliphatic heterocycles. The van der Waals surface area contributed by atoms with Gasteiger partial charge in [0.25, 0.3) is 0 Å². The van der Waals surface area contributed by atoms with Crippen LogP contribution in [0, 0.1) is 6.92 Å². The second-order valence-corrected chi connectivity index (χ2v) is 4.94. The Morgan fingerprint density at radius 2 is 2.30 bits per heavy atom. The highest BCUT2D eigenvalue weighted by molar-refractivity contribution is 5.86. The monoisotopic (exact) mass is 278 g/mol. The summed E-state index contributed by atoms with van der Waals surface area (Å²) in [6.45, 7) is 4.29. The predicted octanol–water partition coefficient (Wildman–Crippen LogP) is 1.61. The lowest BCUT2D eigenvalue weighted by molar-refractivity contribution is 0.0655. The van der Waals surface area contributed by atoms with Crippen LogP contribution in [0.25, 0.3) is 0 Å². The van der Waals surface area contributed by atoms with Gasteiger partial charge < -0.3 is 9.52 Å². The Hall–Kier alpha value is -2.15. The molecule has 0 spiro atoms. The van der Waals surface area contributed by atoms with Crippen LogP contribution < -0.4 is 0 Å². The molecule has 108 valence electrons. The molecule has 2 heterocycles. The van der Waals surface area contributed by atoms with E-state index in [0.29, 0.717) is 17.9 Å². The highest BCUT2D eigenvalue weighted by Crippen LogP contribution is 2.25. The molecule has 2 rings (SSSR count). The molecule has 1 N–H and O–H groups in total. The van der Waals surface area contributed by atoms with Crippen molar-refractivity contribution in [2.24, 2.45) is 7.05 Å². The van der Waals surface area contributed by atoms with Crippen LogP contribution in [0.1, 0.15) is 40.5 Å². The molecule has 0 aliphatic rings. The van der Waals surface area contributed by atoms with Gasteiger partial charge in [-0.3, -0.25) is 9.58 Å². The Kier molecular flexibility index (Phi) is 3.89. The maximum absolute atomic E-state index is 11.0. The molecule has 0 saturated heterocycles. The summed E-state index contributed by atoms with van der Waals surface area (Å²) < 4.78 is 7.07. The van der Waals surface area contributed by atoms with Crippen molar-refractivity contribution in [1.82, 2.24) is 19.9 Å². The number of nitrogens with zero attached hydrogens (tertiary/aromatic N) is 4. The average molecular weight is 278 g/mol. The maximum Gasteiger partial charge on any atom is 0.372 e. The number of hydrogen-bond acceptors (Lipinski definition) is 5. The standard InChI is InChI=1S/C13H18N4O3/c1-8-5-11(20-12(8)13(18)19)9(2)16(3)6-10-7-17(4)15-14-10/h5,7,9H,6H2,1-4H3,(H,18,19). The number of furan rings is 1. The largest absolute Gasteiger partial charge is 0.475 e. The zero-order valence-corrected chi connectivity index (χ0v) is 12.0. The summed E-state index contributed by atoms with van der Waals surface area (Å²) in [6, 6.07) is 1.71. The Bertz CT molecular complexity index is 617. The van der Waals surface area contributed by atoms with E-state index in [2.05, 4.69) is 10.3 Å². The van der Waals surface area contributed by atoms with Crippen LogP contribution in [-0.4, -0.2) is 38.0 Å². The van der Waals surface area contributed by atoms with Crippen molar-refractivity contribution in [1.29, 1.82) is 0 Å². The molecular formula is C13H18N4O3. The third-order valence-electron chi connectivity index (χ3n) is 3.27. The minimum absolute atomic E-state index is 0.000229. The zero-order chi connectivity index (χ0) is 14.9. The average Bonchev–Trinajstić information content (AvgIpc) is 2.94. The summed E-state index contributed by atoms with van der Waals surface area (Å²) in [5.41, 5.74) is 1.48. The molecule has 0 fully saturated rings. The van der Waals surface area contributed by atoms with Gasteiger partial charge in [0.1, 0.15) is 5.76 Å². The smallest absolute Gasteiger partial charge is 0.372 e. The van der Waals surface area contributed by atoms with Gasteiger partial charge in [-0.1, -0.05) is 5.21 Å². The van der Waals surface area contributed by atoms with Gasteiger partial charge in [-0.15, -0.1) is 5.10 Å². The van der Waals surface area contributed by atoms with Gasteiger partial charge in [0.05, 0.1) is 11.7 Å². The first kappa shape index (κ1) is 14.3. The highest BCUT2D eigenvalue weighted by Gasteiger charge is 2.21. The highest BCUT2D eigenvalue weighted by atomic mass is 16.4. The van der Waals surface area contributed by atoms with E-state index in [0.717, 1.165) is 5.69 Å². The maximum atomic E-state index is 11.0.